The van der Waals surface area contributed by atoms with E-state index in [2.05, 4.69) is 15.3 Å². The molecule has 0 spiro atoms. The van der Waals surface area contributed by atoms with Crippen molar-refractivity contribution in [2.45, 2.75) is 19.1 Å². The first-order valence-corrected chi connectivity index (χ1v) is 6.38. The van der Waals surface area contributed by atoms with Gasteiger partial charge in [-0.25, -0.2) is 14.4 Å². The summed E-state index contributed by atoms with van der Waals surface area (Å²) in [6.45, 7) is 1.30. The molecule has 0 saturated heterocycles. The van der Waals surface area contributed by atoms with Crippen LogP contribution in [0.3, 0.4) is 0 Å². The minimum Gasteiger partial charge on any atom is -0.312 e. The van der Waals surface area contributed by atoms with Crippen LogP contribution in [0.25, 0.3) is 11.4 Å². The fourth-order valence-electron chi connectivity index (χ4n) is 2.31. The van der Waals surface area contributed by atoms with Crippen molar-refractivity contribution in [3.8, 4) is 11.4 Å². The van der Waals surface area contributed by atoms with E-state index in [4.69, 9.17) is 0 Å². The number of halogens is 4. The van der Waals surface area contributed by atoms with Crippen molar-refractivity contribution in [2.24, 2.45) is 0 Å². The molecule has 21 heavy (non-hydrogen) atoms. The van der Waals surface area contributed by atoms with Gasteiger partial charge < -0.3 is 5.32 Å². The van der Waals surface area contributed by atoms with Gasteiger partial charge in [0, 0.05) is 36.8 Å². The first-order chi connectivity index (χ1) is 9.95. The highest BCUT2D eigenvalue weighted by atomic mass is 19.4. The molecular weight excluding hydrogens is 286 g/mol. The predicted molar refractivity (Wildman–Crippen MR) is 67.8 cm³/mol. The van der Waals surface area contributed by atoms with Crippen LogP contribution in [0.15, 0.2) is 24.4 Å². The second-order valence-corrected chi connectivity index (χ2v) is 4.78. The van der Waals surface area contributed by atoms with Crippen molar-refractivity contribution in [1.82, 2.24) is 15.3 Å². The first kappa shape index (κ1) is 13.9. The molecule has 1 aliphatic heterocycles. The average Bonchev–Trinajstić information content (AvgIpc) is 2.45. The van der Waals surface area contributed by atoms with Crippen molar-refractivity contribution < 1.29 is 17.6 Å². The zero-order chi connectivity index (χ0) is 15.0. The van der Waals surface area contributed by atoms with Crippen LogP contribution in [-0.2, 0) is 19.1 Å². The quantitative estimate of drug-likeness (QED) is 0.822. The minimum absolute atomic E-state index is 0.0949. The van der Waals surface area contributed by atoms with Crippen LogP contribution in [0, 0.1) is 5.82 Å². The van der Waals surface area contributed by atoms with Crippen molar-refractivity contribution >= 4 is 0 Å². The van der Waals surface area contributed by atoms with Gasteiger partial charge in [0.1, 0.15) is 5.82 Å². The van der Waals surface area contributed by atoms with Crippen LogP contribution in [0.4, 0.5) is 17.6 Å². The first-order valence-electron chi connectivity index (χ1n) is 6.38. The number of hydrogen-bond donors (Lipinski definition) is 1. The summed E-state index contributed by atoms with van der Waals surface area (Å²) in [4.78, 5) is 8.14. The van der Waals surface area contributed by atoms with Crippen LogP contribution < -0.4 is 5.32 Å². The van der Waals surface area contributed by atoms with Crippen LogP contribution in [0.5, 0.6) is 0 Å². The van der Waals surface area contributed by atoms with E-state index in [9.17, 15) is 17.6 Å². The normalized spacial score (nSPS) is 14.9. The van der Waals surface area contributed by atoms with Gasteiger partial charge in [0.05, 0.1) is 11.3 Å². The standard InChI is InChI=1S/C14H11F4N3/c15-9-1-2-11(14(16,17)18)10(5-9)13-20-7-8-6-19-4-3-12(8)21-13/h1-2,5,7,19H,3-4,6H2. The van der Waals surface area contributed by atoms with E-state index in [0.717, 1.165) is 23.8 Å². The summed E-state index contributed by atoms with van der Waals surface area (Å²) in [7, 11) is 0. The molecule has 0 saturated carbocycles. The fraction of sp³-hybridized carbons (Fsp3) is 0.286. The summed E-state index contributed by atoms with van der Waals surface area (Å²) >= 11 is 0. The molecular formula is C14H11F4N3. The molecule has 0 bridgehead atoms. The van der Waals surface area contributed by atoms with Crippen LogP contribution in [0.2, 0.25) is 0 Å². The zero-order valence-corrected chi connectivity index (χ0v) is 10.8. The van der Waals surface area contributed by atoms with E-state index in [1.807, 2.05) is 0 Å². The number of aromatic nitrogens is 2. The lowest BCUT2D eigenvalue weighted by Gasteiger charge is -2.17. The zero-order valence-electron chi connectivity index (χ0n) is 10.8. The van der Waals surface area contributed by atoms with Crippen LogP contribution >= 0.6 is 0 Å². The summed E-state index contributed by atoms with van der Waals surface area (Å²) in [6, 6.07) is 2.33. The maximum absolute atomic E-state index is 13.3. The minimum atomic E-state index is -4.58. The maximum Gasteiger partial charge on any atom is 0.417 e. The molecule has 0 radical (unpaired) electrons. The summed E-state index contributed by atoms with van der Waals surface area (Å²) in [5.74, 6) is -0.844. The van der Waals surface area contributed by atoms with Gasteiger partial charge in [-0.2, -0.15) is 13.2 Å². The van der Waals surface area contributed by atoms with Crippen molar-refractivity contribution in [3.63, 3.8) is 0 Å². The van der Waals surface area contributed by atoms with Gasteiger partial charge in [-0.1, -0.05) is 0 Å². The summed E-state index contributed by atoms with van der Waals surface area (Å²) in [5, 5.41) is 3.12. The third kappa shape index (κ3) is 2.73. The Labute approximate surface area is 118 Å². The molecule has 0 amide bonds. The number of nitrogens with one attached hydrogen (secondary N) is 1. The lowest BCUT2D eigenvalue weighted by molar-refractivity contribution is -0.137. The molecule has 0 unspecified atom stereocenters. The summed E-state index contributed by atoms with van der Waals surface area (Å²) < 4.78 is 52.4. The summed E-state index contributed by atoms with van der Waals surface area (Å²) in [6.07, 6.45) is -2.47. The molecule has 0 aliphatic carbocycles. The fourth-order valence-corrected chi connectivity index (χ4v) is 2.31. The third-order valence-corrected chi connectivity index (χ3v) is 3.34. The molecule has 110 valence electrons. The third-order valence-electron chi connectivity index (χ3n) is 3.34. The SMILES string of the molecule is Fc1ccc(C(F)(F)F)c(-c2ncc3c(n2)CCNC3)c1. The smallest absolute Gasteiger partial charge is 0.312 e. The van der Waals surface area contributed by atoms with E-state index in [1.54, 1.807) is 0 Å². The number of nitrogens with zero attached hydrogens (tertiary/aromatic N) is 2. The average molecular weight is 297 g/mol. The summed E-state index contributed by atoms with van der Waals surface area (Å²) in [5.41, 5.74) is 0.299. The van der Waals surface area contributed by atoms with E-state index >= 15 is 0 Å². The second-order valence-electron chi connectivity index (χ2n) is 4.78. The molecule has 3 nitrogen and oxygen atoms in total. The van der Waals surface area contributed by atoms with Gasteiger partial charge in [-0.05, 0) is 18.2 Å². The van der Waals surface area contributed by atoms with Crippen LogP contribution in [0.1, 0.15) is 16.8 Å². The number of alkyl halides is 3. The van der Waals surface area contributed by atoms with Gasteiger partial charge in [0.2, 0.25) is 0 Å². The molecule has 1 aromatic carbocycles. The Morgan fingerprint density at radius 3 is 2.76 bits per heavy atom. The van der Waals surface area contributed by atoms with Crippen molar-refractivity contribution in [2.75, 3.05) is 6.54 Å². The number of hydrogen-bond acceptors (Lipinski definition) is 3. The van der Waals surface area contributed by atoms with Gasteiger partial charge in [0.25, 0.3) is 0 Å². The van der Waals surface area contributed by atoms with E-state index in [-0.39, 0.29) is 11.4 Å². The molecule has 7 heteroatoms. The Morgan fingerprint density at radius 1 is 1.19 bits per heavy atom. The van der Waals surface area contributed by atoms with Gasteiger partial charge in [-0.3, -0.25) is 0 Å². The molecule has 2 aromatic rings. The highest BCUT2D eigenvalue weighted by molar-refractivity contribution is 5.61. The molecule has 2 heterocycles. The molecule has 3 rings (SSSR count). The number of rotatable bonds is 1. The Kier molecular flexibility index (Phi) is 3.36. The topological polar surface area (TPSA) is 37.8 Å². The van der Waals surface area contributed by atoms with E-state index in [1.165, 1.54) is 6.20 Å². The van der Waals surface area contributed by atoms with Gasteiger partial charge >= 0.3 is 6.18 Å². The lowest BCUT2D eigenvalue weighted by atomic mass is 10.0. The Balaban J connectivity index is 2.14. The molecule has 1 aliphatic rings. The Bertz CT molecular complexity index is 682. The lowest BCUT2D eigenvalue weighted by Crippen LogP contribution is -2.25. The molecule has 1 aromatic heterocycles. The highest BCUT2D eigenvalue weighted by Gasteiger charge is 2.34. The maximum atomic E-state index is 13.3. The molecule has 1 N–H and O–H groups in total. The van der Waals surface area contributed by atoms with E-state index in [0.29, 0.717) is 25.2 Å². The highest BCUT2D eigenvalue weighted by Crippen LogP contribution is 2.36. The number of fused-ring (bicyclic) bond motifs is 1. The molecule has 0 atom stereocenters. The van der Waals surface area contributed by atoms with Gasteiger partial charge in [0.15, 0.2) is 5.82 Å². The van der Waals surface area contributed by atoms with E-state index < -0.39 is 17.6 Å². The molecule has 0 fully saturated rings. The Hall–Kier alpha value is -2.02. The van der Waals surface area contributed by atoms with Crippen molar-refractivity contribution in [3.05, 3.63) is 47.0 Å². The monoisotopic (exact) mass is 297 g/mol. The van der Waals surface area contributed by atoms with Gasteiger partial charge in [-0.15, -0.1) is 0 Å². The predicted octanol–water partition coefficient (Wildman–Crippen LogP) is 2.95. The van der Waals surface area contributed by atoms with Crippen molar-refractivity contribution in [1.29, 1.82) is 0 Å². The van der Waals surface area contributed by atoms with Crippen LogP contribution in [-0.4, -0.2) is 16.5 Å². The number of benzene rings is 1. The Morgan fingerprint density at radius 2 is 2.00 bits per heavy atom. The largest absolute Gasteiger partial charge is 0.417 e. The second kappa shape index (κ2) is 5.07.